The van der Waals surface area contributed by atoms with Crippen LogP contribution in [0.1, 0.15) is 25.8 Å². The summed E-state index contributed by atoms with van der Waals surface area (Å²) in [6.07, 6.45) is 0. The first-order valence-corrected chi connectivity index (χ1v) is 10.3. The smallest absolute Gasteiger partial charge is 0.329 e. The molecule has 0 bridgehead atoms. The highest BCUT2D eigenvalue weighted by Crippen LogP contribution is 2.27. The maximum atomic E-state index is 13.2. The number of benzene rings is 2. The Morgan fingerprint density at radius 1 is 1.22 bits per heavy atom. The molecule has 0 spiro atoms. The molecule has 0 radical (unpaired) electrons. The fourth-order valence-electron chi connectivity index (χ4n) is 3.58. The van der Waals surface area contributed by atoms with Gasteiger partial charge in [-0.2, -0.15) is 4.98 Å². The number of nitrogens with one attached hydrogen (secondary N) is 1. The maximum Gasteiger partial charge on any atom is 0.329 e. The molecular weight excluding hydrogens is 434 g/mol. The number of imidazole rings is 1. The summed E-state index contributed by atoms with van der Waals surface area (Å²) in [5, 5.41) is 7.09. The molecule has 166 valence electrons. The zero-order chi connectivity index (χ0) is 23.0. The lowest BCUT2D eigenvalue weighted by atomic mass is 10.2. The van der Waals surface area contributed by atoms with Crippen molar-refractivity contribution in [3.05, 3.63) is 57.8 Å². The van der Waals surface area contributed by atoms with Crippen LogP contribution in [0.4, 0.5) is 5.69 Å². The van der Waals surface area contributed by atoms with E-state index in [-0.39, 0.29) is 24.2 Å². The molecule has 2 aromatic heterocycles. The van der Waals surface area contributed by atoms with Crippen LogP contribution in [-0.4, -0.2) is 32.3 Å². The van der Waals surface area contributed by atoms with Crippen LogP contribution < -0.4 is 15.7 Å². The highest BCUT2D eigenvalue weighted by Gasteiger charge is 2.19. The van der Waals surface area contributed by atoms with Crippen LogP contribution in [0.3, 0.4) is 0 Å². The van der Waals surface area contributed by atoms with Gasteiger partial charge in [0.1, 0.15) is 12.3 Å². The highest BCUT2D eigenvalue weighted by atomic mass is 35.5. The van der Waals surface area contributed by atoms with Gasteiger partial charge in [0.2, 0.25) is 17.6 Å². The topological polar surface area (TPSA) is 104 Å². The first-order valence-electron chi connectivity index (χ1n) is 9.97. The van der Waals surface area contributed by atoms with E-state index in [1.165, 1.54) is 11.7 Å². The number of fused-ring (bicyclic) bond motifs is 1. The molecule has 0 saturated heterocycles. The molecule has 10 heteroatoms. The molecule has 4 rings (SSSR count). The maximum absolute atomic E-state index is 13.2. The number of rotatable bonds is 6. The number of aryl methyl sites for hydroxylation is 1. The molecular formula is C22H22ClN5O4. The van der Waals surface area contributed by atoms with E-state index in [2.05, 4.69) is 15.5 Å². The van der Waals surface area contributed by atoms with Gasteiger partial charge >= 0.3 is 5.69 Å². The number of methoxy groups -OCH3 is 1. The SMILES string of the molecule is COc1ccc(NC(=O)Cn2c(=O)n(C(C)C)c3ccc(-c4noc(C)n4)cc32)cc1Cl. The lowest BCUT2D eigenvalue weighted by Crippen LogP contribution is -2.30. The number of amides is 1. The van der Waals surface area contributed by atoms with Crippen molar-refractivity contribution in [3.63, 3.8) is 0 Å². The number of aromatic nitrogens is 4. The minimum absolute atomic E-state index is 0.0898. The van der Waals surface area contributed by atoms with E-state index in [0.29, 0.717) is 44.8 Å². The van der Waals surface area contributed by atoms with Gasteiger partial charge in [0.15, 0.2) is 0 Å². The Kier molecular flexibility index (Phi) is 5.75. The van der Waals surface area contributed by atoms with E-state index < -0.39 is 0 Å². The Morgan fingerprint density at radius 2 is 2.00 bits per heavy atom. The first-order chi connectivity index (χ1) is 15.3. The van der Waals surface area contributed by atoms with E-state index in [1.54, 1.807) is 35.8 Å². The second-order valence-corrected chi connectivity index (χ2v) is 7.98. The van der Waals surface area contributed by atoms with Crippen LogP contribution in [0.2, 0.25) is 5.02 Å². The lowest BCUT2D eigenvalue weighted by molar-refractivity contribution is -0.116. The average Bonchev–Trinajstić information content (AvgIpc) is 3.29. The molecule has 0 aliphatic heterocycles. The zero-order valence-electron chi connectivity index (χ0n) is 18.0. The number of ether oxygens (including phenoxy) is 1. The zero-order valence-corrected chi connectivity index (χ0v) is 18.8. The van der Waals surface area contributed by atoms with Gasteiger partial charge < -0.3 is 14.6 Å². The quantitative estimate of drug-likeness (QED) is 0.470. The van der Waals surface area contributed by atoms with E-state index in [0.717, 1.165) is 0 Å². The summed E-state index contributed by atoms with van der Waals surface area (Å²) in [5.41, 5.74) is 2.23. The Labute approximate surface area is 188 Å². The van der Waals surface area contributed by atoms with Gasteiger partial charge in [-0.25, -0.2) is 4.79 Å². The van der Waals surface area contributed by atoms with Gasteiger partial charge in [-0.1, -0.05) is 16.8 Å². The largest absolute Gasteiger partial charge is 0.495 e. The second-order valence-electron chi connectivity index (χ2n) is 7.57. The number of carbonyl (C=O) groups excluding carboxylic acids is 1. The van der Waals surface area contributed by atoms with Crippen molar-refractivity contribution in [1.29, 1.82) is 0 Å². The highest BCUT2D eigenvalue weighted by molar-refractivity contribution is 6.32. The Balaban J connectivity index is 1.71. The molecule has 0 aliphatic carbocycles. The summed E-state index contributed by atoms with van der Waals surface area (Å²) in [4.78, 5) is 30.2. The fraction of sp³-hybridized carbons (Fsp3) is 0.273. The van der Waals surface area contributed by atoms with Gasteiger partial charge in [-0.15, -0.1) is 0 Å². The first kappa shape index (κ1) is 21.6. The van der Waals surface area contributed by atoms with Crippen molar-refractivity contribution in [2.24, 2.45) is 0 Å². The van der Waals surface area contributed by atoms with Gasteiger partial charge in [0, 0.05) is 24.2 Å². The number of hydrogen-bond donors (Lipinski definition) is 1. The number of anilines is 1. The number of carbonyl (C=O) groups is 1. The summed E-state index contributed by atoms with van der Waals surface area (Å²) in [5.74, 6) is 0.995. The summed E-state index contributed by atoms with van der Waals surface area (Å²) >= 11 is 6.14. The normalized spacial score (nSPS) is 11.3. The second kappa shape index (κ2) is 8.51. The Morgan fingerprint density at radius 3 is 2.62 bits per heavy atom. The van der Waals surface area contributed by atoms with E-state index >= 15 is 0 Å². The third kappa shape index (κ3) is 3.99. The average molecular weight is 456 g/mol. The molecule has 0 fully saturated rings. The summed E-state index contributed by atoms with van der Waals surface area (Å²) < 4.78 is 13.3. The van der Waals surface area contributed by atoms with Crippen molar-refractivity contribution >= 4 is 34.2 Å². The number of nitrogens with zero attached hydrogens (tertiary/aromatic N) is 4. The molecule has 9 nitrogen and oxygen atoms in total. The molecule has 4 aromatic rings. The van der Waals surface area contributed by atoms with Crippen LogP contribution in [0.25, 0.3) is 22.4 Å². The molecule has 0 unspecified atom stereocenters. The van der Waals surface area contributed by atoms with Crippen molar-refractivity contribution < 1.29 is 14.1 Å². The van der Waals surface area contributed by atoms with Gasteiger partial charge in [0.25, 0.3) is 0 Å². The van der Waals surface area contributed by atoms with Gasteiger partial charge in [-0.05, 0) is 50.2 Å². The van der Waals surface area contributed by atoms with Crippen LogP contribution in [0, 0.1) is 6.92 Å². The number of hydrogen-bond acceptors (Lipinski definition) is 6. The minimum atomic E-state index is -0.364. The number of halogens is 1. The molecule has 0 atom stereocenters. The minimum Gasteiger partial charge on any atom is -0.495 e. The Hall–Kier alpha value is -3.59. The molecule has 32 heavy (non-hydrogen) atoms. The van der Waals surface area contributed by atoms with E-state index in [9.17, 15) is 9.59 Å². The molecule has 2 aromatic carbocycles. The monoisotopic (exact) mass is 455 g/mol. The summed E-state index contributed by atoms with van der Waals surface area (Å²) in [6, 6.07) is 10.3. The van der Waals surface area contributed by atoms with E-state index in [1.807, 2.05) is 26.0 Å². The van der Waals surface area contributed by atoms with Gasteiger partial charge in [0.05, 0.1) is 23.2 Å². The van der Waals surface area contributed by atoms with Crippen LogP contribution in [0.5, 0.6) is 5.75 Å². The summed E-state index contributed by atoms with van der Waals surface area (Å²) in [7, 11) is 1.51. The van der Waals surface area contributed by atoms with Crippen LogP contribution in [-0.2, 0) is 11.3 Å². The van der Waals surface area contributed by atoms with Crippen molar-refractivity contribution in [1.82, 2.24) is 19.3 Å². The molecule has 2 heterocycles. The van der Waals surface area contributed by atoms with Crippen molar-refractivity contribution in [2.45, 2.75) is 33.4 Å². The van der Waals surface area contributed by atoms with Gasteiger partial charge in [-0.3, -0.25) is 13.9 Å². The third-order valence-corrected chi connectivity index (χ3v) is 5.30. The van der Waals surface area contributed by atoms with Crippen LogP contribution >= 0.6 is 11.6 Å². The molecule has 0 saturated carbocycles. The summed E-state index contributed by atoms with van der Waals surface area (Å²) in [6.45, 7) is 5.37. The molecule has 0 aliphatic rings. The standard InChI is InChI=1S/C22H22ClN5O4/c1-12(2)28-17-7-5-14(21-24-13(3)32-26-21)9-18(17)27(22(28)30)11-20(29)25-15-6-8-19(31-4)16(23)10-15/h5-10,12H,11H2,1-4H3,(H,25,29). The van der Waals surface area contributed by atoms with Crippen molar-refractivity contribution in [3.8, 4) is 17.1 Å². The molecule has 1 N–H and O–H groups in total. The third-order valence-electron chi connectivity index (χ3n) is 5.00. The fourth-order valence-corrected chi connectivity index (χ4v) is 3.83. The lowest BCUT2D eigenvalue weighted by Gasteiger charge is -2.09. The van der Waals surface area contributed by atoms with Crippen molar-refractivity contribution in [2.75, 3.05) is 12.4 Å². The van der Waals surface area contributed by atoms with Crippen LogP contribution in [0.15, 0.2) is 45.7 Å². The Bertz CT molecular complexity index is 1370. The molecule has 1 amide bonds. The predicted molar refractivity (Wildman–Crippen MR) is 121 cm³/mol. The van der Waals surface area contributed by atoms with E-state index in [4.69, 9.17) is 20.9 Å². The predicted octanol–water partition coefficient (Wildman–Crippen LogP) is 4.04.